The van der Waals surface area contributed by atoms with E-state index in [-0.39, 0.29) is 35.1 Å². The average molecular weight is 746 g/mol. The van der Waals surface area contributed by atoms with E-state index in [1.807, 2.05) is 50.2 Å². The number of amides is 1. The fraction of sp³-hybridized carbons (Fsp3) is 0.139. The van der Waals surface area contributed by atoms with Crippen LogP contribution in [0.25, 0.3) is 10.9 Å². The molecular formula is C36H30Cl2N6O6S. The number of ether oxygens (including phenoxy) is 1. The van der Waals surface area contributed by atoms with Gasteiger partial charge in [-0.3, -0.25) is 24.6 Å². The molecule has 12 nitrogen and oxygen atoms in total. The summed E-state index contributed by atoms with van der Waals surface area (Å²) >= 11 is 12.5. The number of pyridine rings is 1. The Balaban J connectivity index is 1.24. The van der Waals surface area contributed by atoms with Crippen LogP contribution in [-0.4, -0.2) is 40.6 Å². The Labute approximate surface area is 303 Å². The van der Waals surface area contributed by atoms with Crippen molar-refractivity contribution in [2.45, 2.75) is 31.7 Å². The van der Waals surface area contributed by atoms with Gasteiger partial charge in [-0.1, -0.05) is 35.3 Å². The Morgan fingerprint density at radius 3 is 2.29 bits per heavy atom. The maximum atomic E-state index is 13.8. The molecule has 0 aliphatic carbocycles. The Kier molecular flexibility index (Phi) is 10.2. The number of anilines is 1. The zero-order valence-electron chi connectivity index (χ0n) is 27.3. The van der Waals surface area contributed by atoms with Crippen LogP contribution in [0.2, 0.25) is 10.0 Å². The Bertz CT molecular complexity index is 2360. The number of nitrogens with one attached hydrogen (secondary N) is 2. The zero-order valence-corrected chi connectivity index (χ0v) is 29.6. The number of hydrogen-bond donors (Lipinski definition) is 2. The molecule has 0 bridgehead atoms. The molecule has 2 N–H and O–H groups in total. The number of aromatic nitrogens is 3. The number of carbonyl (C=O) groups excluding carboxylic acids is 1. The van der Waals surface area contributed by atoms with Crippen LogP contribution in [0.4, 0.5) is 11.4 Å². The molecule has 6 rings (SSSR count). The van der Waals surface area contributed by atoms with E-state index < -0.39 is 20.9 Å². The predicted octanol–water partition coefficient (Wildman–Crippen LogP) is 7.88. The van der Waals surface area contributed by atoms with Gasteiger partial charge in [-0.05, 0) is 109 Å². The predicted molar refractivity (Wildman–Crippen MR) is 195 cm³/mol. The second kappa shape index (κ2) is 14.8. The molecule has 0 aliphatic rings. The lowest BCUT2D eigenvalue weighted by Gasteiger charge is -2.12. The maximum absolute atomic E-state index is 13.8. The van der Waals surface area contributed by atoms with Gasteiger partial charge in [0.1, 0.15) is 22.9 Å². The molecule has 0 saturated carbocycles. The number of nitro benzene ring substituents is 1. The lowest BCUT2D eigenvalue weighted by Crippen LogP contribution is -2.32. The van der Waals surface area contributed by atoms with Crippen molar-refractivity contribution in [1.29, 1.82) is 0 Å². The Morgan fingerprint density at radius 1 is 0.902 bits per heavy atom. The van der Waals surface area contributed by atoms with Crippen molar-refractivity contribution in [2.24, 2.45) is 0 Å². The van der Waals surface area contributed by atoms with Gasteiger partial charge < -0.3 is 10.1 Å². The quantitative estimate of drug-likeness (QED) is 0.0939. The molecule has 0 radical (unpaired) electrons. The molecule has 15 heteroatoms. The first-order valence-corrected chi connectivity index (χ1v) is 17.8. The minimum atomic E-state index is -4.50. The van der Waals surface area contributed by atoms with E-state index in [2.05, 4.69) is 20.1 Å². The summed E-state index contributed by atoms with van der Waals surface area (Å²) in [5, 5.41) is 20.7. The third-order valence-electron chi connectivity index (χ3n) is 8.00. The topological polar surface area (TPSA) is 158 Å². The summed E-state index contributed by atoms with van der Waals surface area (Å²) in [5.74, 6) is 0.271. The van der Waals surface area contributed by atoms with Gasteiger partial charge in [0.15, 0.2) is 0 Å². The molecule has 0 saturated heterocycles. The van der Waals surface area contributed by atoms with E-state index in [9.17, 15) is 23.3 Å². The number of rotatable bonds is 12. The van der Waals surface area contributed by atoms with E-state index in [0.717, 1.165) is 40.5 Å². The van der Waals surface area contributed by atoms with Crippen LogP contribution in [-0.2, 0) is 23.0 Å². The number of nitrogens with zero attached hydrogens (tertiary/aromatic N) is 4. The largest absolute Gasteiger partial charge is 0.457 e. The van der Waals surface area contributed by atoms with Crippen molar-refractivity contribution < 1.29 is 22.9 Å². The van der Waals surface area contributed by atoms with Gasteiger partial charge in [-0.2, -0.15) is 5.10 Å². The van der Waals surface area contributed by atoms with Crippen LogP contribution in [0, 0.1) is 24.0 Å². The SMILES string of the molecule is Cc1cc(Oc2ccc(Cn3nc4cc(Cl)ccc4c3C(=O)NS(=O)(=O)c3ccc([N+](=O)[O-])c(NCCc4ccncc4)c3)cc2)cc(C)c1Cl. The van der Waals surface area contributed by atoms with Gasteiger partial charge >= 0.3 is 0 Å². The molecule has 0 aliphatic heterocycles. The monoisotopic (exact) mass is 744 g/mol. The van der Waals surface area contributed by atoms with Crippen molar-refractivity contribution in [2.75, 3.05) is 11.9 Å². The number of fused-ring (bicyclic) bond motifs is 1. The zero-order chi connectivity index (χ0) is 36.3. The summed E-state index contributed by atoms with van der Waals surface area (Å²) in [6, 6.07) is 22.5. The fourth-order valence-electron chi connectivity index (χ4n) is 5.50. The van der Waals surface area contributed by atoms with E-state index in [1.165, 1.54) is 4.68 Å². The van der Waals surface area contributed by atoms with Crippen LogP contribution < -0.4 is 14.8 Å². The van der Waals surface area contributed by atoms with Crippen molar-refractivity contribution in [3.05, 3.63) is 145 Å². The second-order valence-corrected chi connectivity index (χ2v) is 14.2. The third-order valence-corrected chi connectivity index (χ3v) is 10.2. The normalized spacial score (nSPS) is 11.4. The minimum Gasteiger partial charge on any atom is -0.457 e. The first-order chi connectivity index (χ1) is 24.4. The maximum Gasteiger partial charge on any atom is 0.292 e. The summed E-state index contributed by atoms with van der Waals surface area (Å²) in [6.07, 6.45) is 3.77. The molecule has 0 unspecified atom stereocenters. The lowest BCUT2D eigenvalue weighted by atomic mass is 10.1. The molecule has 0 atom stereocenters. The first-order valence-electron chi connectivity index (χ1n) is 15.6. The number of benzene rings is 4. The number of halogens is 2. The highest BCUT2D eigenvalue weighted by atomic mass is 35.5. The van der Waals surface area contributed by atoms with Gasteiger partial charge in [-0.25, -0.2) is 13.1 Å². The van der Waals surface area contributed by atoms with Crippen LogP contribution in [0.5, 0.6) is 11.5 Å². The van der Waals surface area contributed by atoms with Crippen molar-refractivity contribution in [3.8, 4) is 11.5 Å². The molecule has 0 fully saturated rings. The molecule has 51 heavy (non-hydrogen) atoms. The molecule has 4 aromatic carbocycles. The van der Waals surface area contributed by atoms with Crippen LogP contribution in [0.3, 0.4) is 0 Å². The molecule has 1 amide bonds. The molecular weight excluding hydrogens is 715 g/mol. The molecule has 0 spiro atoms. The van der Waals surface area contributed by atoms with Crippen LogP contribution in [0.1, 0.15) is 32.7 Å². The van der Waals surface area contributed by atoms with E-state index >= 15 is 0 Å². The molecule has 2 aromatic heterocycles. The third kappa shape index (κ3) is 8.12. The first kappa shape index (κ1) is 35.3. The number of sulfonamides is 1. The number of hydrogen-bond acceptors (Lipinski definition) is 9. The summed E-state index contributed by atoms with van der Waals surface area (Å²) in [5.41, 5.74) is 3.51. The second-order valence-electron chi connectivity index (χ2n) is 11.7. The van der Waals surface area contributed by atoms with Gasteiger partial charge in [0.25, 0.3) is 21.6 Å². The summed E-state index contributed by atoms with van der Waals surface area (Å²) in [6.45, 7) is 4.19. The van der Waals surface area contributed by atoms with Gasteiger partial charge in [0.2, 0.25) is 0 Å². The molecule has 6 aromatic rings. The smallest absolute Gasteiger partial charge is 0.292 e. The average Bonchev–Trinajstić information content (AvgIpc) is 3.45. The van der Waals surface area contributed by atoms with E-state index in [0.29, 0.717) is 38.9 Å². The highest BCUT2D eigenvalue weighted by Crippen LogP contribution is 2.31. The highest BCUT2D eigenvalue weighted by Gasteiger charge is 2.27. The lowest BCUT2D eigenvalue weighted by molar-refractivity contribution is -0.384. The fourth-order valence-corrected chi connectivity index (χ4v) is 6.76. The number of nitro groups is 1. The summed E-state index contributed by atoms with van der Waals surface area (Å²) in [4.78, 5) is 28.5. The van der Waals surface area contributed by atoms with Crippen molar-refractivity contribution in [1.82, 2.24) is 19.5 Å². The van der Waals surface area contributed by atoms with Crippen molar-refractivity contribution >= 4 is 61.4 Å². The number of carbonyl (C=O) groups is 1. The van der Waals surface area contributed by atoms with Gasteiger partial charge in [-0.15, -0.1) is 0 Å². The van der Waals surface area contributed by atoms with Gasteiger partial charge in [0.05, 0.1) is 21.9 Å². The van der Waals surface area contributed by atoms with E-state index in [1.54, 1.807) is 42.7 Å². The number of aryl methyl sites for hydroxylation is 2. The van der Waals surface area contributed by atoms with Crippen LogP contribution in [0.15, 0.2) is 102 Å². The van der Waals surface area contributed by atoms with Gasteiger partial charge in [0, 0.05) is 40.4 Å². The van der Waals surface area contributed by atoms with Crippen LogP contribution >= 0.6 is 23.2 Å². The van der Waals surface area contributed by atoms with E-state index in [4.69, 9.17) is 27.9 Å². The summed E-state index contributed by atoms with van der Waals surface area (Å²) in [7, 11) is -4.50. The van der Waals surface area contributed by atoms with Crippen molar-refractivity contribution in [3.63, 3.8) is 0 Å². The molecule has 260 valence electrons. The standard InChI is InChI=1S/C36H30Cl2N6O6S/c1-22-17-28(18-23(2)34(22)38)50-27-6-3-25(4-7-27)21-43-35(30-9-5-26(37)19-31(30)41-43)36(45)42-51(48,49)29-8-10-33(44(46)47)32(20-29)40-16-13-24-11-14-39-15-12-24/h3-12,14-15,17-20,40H,13,16,21H2,1-2H3,(H,42,45). The summed E-state index contributed by atoms with van der Waals surface area (Å²) < 4.78 is 36.7. The highest BCUT2D eigenvalue weighted by molar-refractivity contribution is 7.90. The Morgan fingerprint density at radius 2 is 1.61 bits per heavy atom. The molecule has 2 heterocycles. The Hall–Kier alpha value is -5.50. The minimum absolute atomic E-state index is 0.0109.